The molecule has 0 fully saturated rings. The van der Waals surface area contributed by atoms with E-state index in [2.05, 4.69) is 20.9 Å². The van der Waals surface area contributed by atoms with Crippen LogP contribution in [0.2, 0.25) is 0 Å². The third-order valence-electron chi connectivity index (χ3n) is 3.32. The number of methoxy groups -OCH3 is 2. The lowest BCUT2D eigenvalue weighted by molar-refractivity contribution is 0.373. The molecule has 0 spiro atoms. The van der Waals surface area contributed by atoms with E-state index in [1.807, 2.05) is 30.4 Å². The highest BCUT2D eigenvalue weighted by atomic mass is 79.9. The van der Waals surface area contributed by atoms with Gasteiger partial charge in [0.05, 0.1) is 24.4 Å². The molecule has 0 aliphatic rings. The van der Waals surface area contributed by atoms with Crippen LogP contribution in [0.25, 0.3) is 22.4 Å². The third-order valence-corrected chi connectivity index (χ3v) is 4.99. The zero-order chi connectivity index (χ0) is 16.4. The Morgan fingerprint density at radius 2 is 1.96 bits per heavy atom. The molecule has 0 saturated heterocycles. The Bertz CT molecular complexity index is 889. The Kier molecular flexibility index (Phi) is 4.54. The number of benzene rings is 2. The van der Waals surface area contributed by atoms with Crippen molar-refractivity contribution in [3.8, 4) is 17.2 Å². The first-order valence-electron chi connectivity index (χ1n) is 6.80. The van der Waals surface area contributed by atoms with Gasteiger partial charge in [-0.1, -0.05) is 22.0 Å². The normalized spacial score (nSPS) is 11.3. The number of hydrogen-bond acceptors (Lipinski definition) is 5. The Hall–Kier alpha value is -2.05. The van der Waals surface area contributed by atoms with Gasteiger partial charge in [0.15, 0.2) is 11.5 Å². The van der Waals surface area contributed by atoms with Gasteiger partial charge in [-0.05, 0) is 42.0 Å². The summed E-state index contributed by atoms with van der Waals surface area (Å²) in [6.45, 7) is 0. The van der Waals surface area contributed by atoms with Crippen molar-refractivity contribution < 1.29 is 14.6 Å². The summed E-state index contributed by atoms with van der Waals surface area (Å²) in [7, 11) is 3.17. The molecule has 4 nitrogen and oxygen atoms in total. The van der Waals surface area contributed by atoms with Crippen LogP contribution < -0.4 is 9.47 Å². The van der Waals surface area contributed by atoms with Gasteiger partial charge in [0.1, 0.15) is 10.8 Å². The van der Waals surface area contributed by atoms with Crippen LogP contribution in [0.15, 0.2) is 34.8 Å². The van der Waals surface area contributed by atoms with Crippen molar-refractivity contribution in [2.24, 2.45) is 0 Å². The summed E-state index contributed by atoms with van der Waals surface area (Å²) in [5.41, 5.74) is 1.78. The van der Waals surface area contributed by atoms with E-state index in [9.17, 15) is 5.11 Å². The molecule has 6 heteroatoms. The summed E-state index contributed by atoms with van der Waals surface area (Å²) in [5, 5.41) is 10.8. The van der Waals surface area contributed by atoms with Crippen molar-refractivity contribution in [2.45, 2.75) is 0 Å². The summed E-state index contributed by atoms with van der Waals surface area (Å²) in [4.78, 5) is 4.56. The fourth-order valence-corrected chi connectivity index (χ4v) is 3.49. The predicted molar refractivity (Wildman–Crippen MR) is 97.5 cm³/mol. The highest BCUT2D eigenvalue weighted by Crippen LogP contribution is 2.34. The van der Waals surface area contributed by atoms with Gasteiger partial charge in [-0.15, -0.1) is 11.3 Å². The van der Waals surface area contributed by atoms with Crippen LogP contribution in [0.1, 0.15) is 10.6 Å². The van der Waals surface area contributed by atoms with Crippen molar-refractivity contribution in [3.05, 3.63) is 45.4 Å². The number of aromatic hydroxyl groups is 1. The average molecular weight is 392 g/mol. The van der Waals surface area contributed by atoms with Crippen LogP contribution in [0.5, 0.6) is 17.2 Å². The van der Waals surface area contributed by atoms with Crippen molar-refractivity contribution in [2.75, 3.05) is 14.2 Å². The maximum Gasteiger partial charge on any atom is 0.161 e. The molecule has 1 heterocycles. The van der Waals surface area contributed by atoms with Crippen LogP contribution in [-0.2, 0) is 0 Å². The summed E-state index contributed by atoms with van der Waals surface area (Å²) >= 11 is 5.06. The monoisotopic (exact) mass is 391 g/mol. The minimum atomic E-state index is 0.101. The zero-order valence-electron chi connectivity index (χ0n) is 12.5. The van der Waals surface area contributed by atoms with E-state index in [0.717, 1.165) is 31.0 Å². The molecule has 3 aromatic rings. The lowest BCUT2D eigenvalue weighted by atomic mass is 10.2. The first-order chi connectivity index (χ1) is 11.1. The van der Waals surface area contributed by atoms with Gasteiger partial charge in [0, 0.05) is 4.47 Å². The molecule has 3 rings (SSSR count). The minimum absolute atomic E-state index is 0.101. The number of phenols is 1. The van der Waals surface area contributed by atoms with Gasteiger partial charge >= 0.3 is 0 Å². The van der Waals surface area contributed by atoms with E-state index in [0.29, 0.717) is 5.75 Å². The second-order valence-corrected chi connectivity index (χ2v) is 6.68. The topological polar surface area (TPSA) is 51.6 Å². The van der Waals surface area contributed by atoms with Crippen LogP contribution in [0.3, 0.4) is 0 Å². The lowest BCUT2D eigenvalue weighted by Gasteiger charge is -2.06. The Morgan fingerprint density at radius 1 is 1.13 bits per heavy atom. The SMILES string of the molecule is COc1ccc2nc(/C=C/c3cc(O)c(OC)cc3Br)sc2c1. The fraction of sp³-hybridized carbons (Fsp3) is 0.118. The number of nitrogens with zero attached hydrogens (tertiary/aromatic N) is 1. The maximum absolute atomic E-state index is 9.88. The van der Waals surface area contributed by atoms with Gasteiger partial charge in [-0.3, -0.25) is 0 Å². The van der Waals surface area contributed by atoms with Crippen molar-refractivity contribution in [3.63, 3.8) is 0 Å². The Balaban J connectivity index is 1.92. The zero-order valence-corrected chi connectivity index (χ0v) is 14.9. The molecule has 23 heavy (non-hydrogen) atoms. The van der Waals surface area contributed by atoms with Gasteiger partial charge in [0.25, 0.3) is 0 Å². The average Bonchev–Trinajstić information content (AvgIpc) is 2.96. The van der Waals surface area contributed by atoms with Crippen molar-refractivity contribution in [1.82, 2.24) is 4.98 Å². The largest absolute Gasteiger partial charge is 0.504 e. The second kappa shape index (κ2) is 6.60. The number of hydrogen-bond donors (Lipinski definition) is 1. The molecule has 0 bridgehead atoms. The van der Waals surface area contributed by atoms with Crippen LogP contribution >= 0.6 is 27.3 Å². The van der Waals surface area contributed by atoms with Gasteiger partial charge in [0.2, 0.25) is 0 Å². The minimum Gasteiger partial charge on any atom is -0.504 e. The quantitative estimate of drug-likeness (QED) is 0.683. The molecule has 0 radical (unpaired) electrons. The standard InChI is InChI=1S/C17H14BrNO3S/c1-21-11-4-5-13-16(8-11)23-17(19-13)6-3-10-7-14(20)15(22-2)9-12(10)18/h3-9,20H,1-2H3/b6-3+. The molecule has 0 saturated carbocycles. The molecule has 0 aliphatic carbocycles. The first-order valence-corrected chi connectivity index (χ1v) is 8.41. The molecular formula is C17H14BrNO3S. The molecular weight excluding hydrogens is 378 g/mol. The first kappa shape index (κ1) is 15.8. The van der Waals surface area contributed by atoms with E-state index in [1.165, 1.54) is 7.11 Å². The number of fused-ring (bicyclic) bond motifs is 1. The second-order valence-electron chi connectivity index (χ2n) is 4.76. The molecule has 0 atom stereocenters. The Morgan fingerprint density at radius 3 is 2.70 bits per heavy atom. The van der Waals surface area contributed by atoms with Crippen molar-refractivity contribution >= 4 is 49.6 Å². The number of phenolic OH excluding ortho intramolecular Hbond substituents is 1. The molecule has 0 aliphatic heterocycles. The number of rotatable bonds is 4. The summed E-state index contributed by atoms with van der Waals surface area (Å²) in [5.74, 6) is 1.35. The summed E-state index contributed by atoms with van der Waals surface area (Å²) in [6, 6.07) is 9.19. The smallest absolute Gasteiger partial charge is 0.161 e. The lowest BCUT2D eigenvalue weighted by Crippen LogP contribution is -1.85. The Labute approximate surface area is 146 Å². The summed E-state index contributed by atoms with van der Waals surface area (Å²) in [6.07, 6.45) is 3.82. The molecule has 1 aromatic heterocycles. The number of ether oxygens (including phenoxy) is 2. The van der Waals surface area contributed by atoms with Crippen LogP contribution in [-0.4, -0.2) is 24.3 Å². The van der Waals surface area contributed by atoms with Crippen LogP contribution in [0, 0.1) is 0 Å². The van der Waals surface area contributed by atoms with Crippen LogP contribution in [0.4, 0.5) is 0 Å². The third kappa shape index (κ3) is 3.33. The summed E-state index contributed by atoms with van der Waals surface area (Å²) < 4.78 is 12.2. The molecule has 1 N–H and O–H groups in total. The fourth-order valence-electron chi connectivity index (χ4n) is 2.13. The highest BCUT2D eigenvalue weighted by Gasteiger charge is 2.07. The molecule has 2 aromatic carbocycles. The van der Waals surface area contributed by atoms with Gasteiger partial charge in [-0.25, -0.2) is 4.98 Å². The molecule has 0 amide bonds. The molecule has 0 unspecified atom stereocenters. The van der Waals surface area contributed by atoms with E-state index < -0.39 is 0 Å². The van der Waals surface area contributed by atoms with Gasteiger partial charge < -0.3 is 14.6 Å². The van der Waals surface area contributed by atoms with E-state index >= 15 is 0 Å². The molecule has 118 valence electrons. The predicted octanol–water partition coefficient (Wildman–Crippen LogP) is 4.95. The van der Waals surface area contributed by atoms with E-state index in [1.54, 1.807) is 30.6 Å². The van der Waals surface area contributed by atoms with E-state index in [-0.39, 0.29) is 5.75 Å². The van der Waals surface area contributed by atoms with Gasteiger partial charge in [-0.2, -0.15) is 0 Å². The maximum atomic E-state index is 9.88. The number of thiazole rings is 1. The van der Waals surface area contributed by atoms with Crippen molar-refractivity contribution in [1.29, 1.82) is 0 Å². The number of aromatic nitrogens is 1. The highest BCUT2D eigenvalue weighted by molar-refractivity contribution is 9.10. The van der Waals surface area contributed by atoms with E-state index in [4.69, 9.17) is 9.47 Å². The number of halogens is 1.